The molecule has 0 fully saturated rings. The summed E-state index contributed by atoms with van der Waals surface area (Å²) in [6.07, 6.45) is 0. The second-order valence-corrected chi connectivity index (χ2v) is 7.92. The minimum atomic E-state index is -3.48. The van der Waals surface area contributed by atoms with Gasteiger partial charge in [-0.1, -0.05) is 6.92 Å². The van der Waals surface area contributed by atoms with E-state index in [9.17, 15) is 8.42 Å². The number of hydrogen-bond donors (Lipinski definition) is 3. The monoisotopic (exact) mass is 389 g/mol. The number of benzene rings is 1. The molecule has 4 N–H and O–H groups in total. The molecule has 0 aliphatic heterocycles. The molecule has 1 heterocycles. The van der Waals surface area contributed by atoms with E-state index in [1.807, 2.05) is 11.4 Å². The Morgan fingerprint density at radius 2 is 2.10 bits per heavy atom. The molecule has 2 aromatic rings. The van der Waals surface area contributed by atoms with Crippen molar-refractivity contribution in [3.05, 3.63) is 39.0 Å². The van der Waals surface area contributed by atoms with Gasteiger partial charge in [-0.2, -0.15) is 0 Å². The average molecular weight is 390 g/mol. The Balaban J connectivity index is 2.22. The van der Waals surface area contributed by atoms with Crippen LogP contribution in [0, 0.1) is 0 Å². The molecule has 2 rings (SSSR count). The number of anilines is 2. The number of hydrogen-bond acceptors (Lipinski definition) is 5. The molecule has 114 valence electrons. The molecular weight excluding hydrogens is 374 g/mol. The zero-order chi connectivity index (χ0) is 15.5. The van der Waals surface area contributed by atoms with Gasteiger partial charge in [0.15, 0.2) is 0 Å². The third-order valence-corrected chi connectivity index (χ3v) is 6.27. The quantitative estimate of drug-likeness (QED) is 0.662. The average Bonchev–Trinajstić information content (AvgIpc) is 2.83. The van der Waals surface area contributed by atoms with Gasteiger partial charge in [0.05, 0.1) is 22.8 Å². The maximum atomic E-state index is 12.0. The van der Waals surface area contributed by atoms with Crippen molar-refractivity contribution in [2.45, 2.75) is 18.4 Å². The summed E-state index contributed by atoms with van der Waals surface area (Å²) in [5.41, 5.74) is 7.02. The smallest absolute Gasteiger partial charge is 0.240 e. The van der Waals surface area contributed by atoms with Gasteiger partial charge in [0.2, 0.25) is 10.0 Å². The number of nitrogens with two attached hydrogens (primary N) is 1. The largest absolute Gasteiger partial charge is 0.397 e. The van der Waals surface area contributed by atoms with Crippen LogP contribution in [-0.4, -0.2) is 15.0 Å². The Labute approximate surface area is 136 Å². The molecule has 0 spiro atoms. The van der Waals surface area contributed by atoms with Gasteiger partial charge >= 0.3 is 0 Å². The fraction of sp³-hybridized carbons (Fsp3) is 0.231. The molecule has 0 unspecified atom stereocenters. The number of halogens is 1. The van der Waals surface area contributed by atoms with Crippen molar-refractivity contribution >= 4 is 48.7 Å². The predicted octanol–water partition coefficient (Wildman–Crippen LogP) is 3.00. The Morgan fingerprint density at radius 3 is 2.71 bits per heavy atom. The lowest BCUT2D eigenvalue weighted by Gasteiger charge is -2.11. The van der Waals surface area contributed by atoms with E-state index >= 15 is 0 Å². The number of nitrogen functional groups attached to an aromatic ring is 1. The number of nitrogens with one attached hydrogen (secondary N) is 2. The molecule has 1 aromatic carbocycles. The molecular formula is C13H16BrN3O2S2. The van der Waals surface area contributed by atoms with Crippen molar-refractivity contribution in [3.8, 4) is 0 Å². The highest BCUT2D eigenvalue weighted by Crippen LogP contribution is 2.27. The van der Waals surface area contributed by atoms with Gasteiger partial charge in [-0.15, -0.1) is 11.3 Å². The third kappa shape index (κ3) is 3.97. The fourth-order valence-electron chi connectivity index (χ4n) is 1.76. The van der Waals surface area contributed by atoms with Gasteiger partial charge < -0.3 is 11.1 Å². The van der Waals surface area contributed by atoms with Crippen molar-refractivity contribution < 1.29 is 8.42 Å². The molecule has 0 saturated heterocycles. The first-order valence-corrected chi connectivity index (χ1v) is 9.44. The van der Waals surface area contributed by atoms with Crippen LogP contribution in [0.25, 0.3) is 0 Å². The number of sulfonamides is 1. The van der Waals surface area contributed by atoms with E-state index < -0.39 is 10.0 Å². The maximum absolute atomic E-state index is 12.0. The predicted molar refractivity (Wildman–Crippen MR) is 91.1 cm³/mol. The second kappa shape index (κ2) is 6.78. The van der Waals surface area contributed by atoms with E-state index in [1.165, 1.54) is 6.07 Å². The minimum Gasteiger partial charge on any atom is -0.397 e. The maximum Gasteiger partial charge on any atom is 0.240 e. The zero-order valence-corrected chi connectivity index (χ0v) is 14.6. The lowest BCUT2D eigenvalue weighted by atomic mass is 10.2. The highest BCUT2D eigenvalue weighted by molar-refractivity contribution is 9.10. The highest BCUT2D eigenvalue weighted by Gasteiger charge is 2.14. The van der Waals surface area contributed by atoms with E-state index in [-0.39, 0.29) is 4.90 Å². The Morgan fingerprint density at radius 1 is 1.33 bits per heavy atom. The first-order valence-electron chi connectivity index (χ1n) is 6.29. The first kappa shape index (κ1) is 16.3. The Bertz CT molecular complexity index is 729. The van der Waals surface area contributed by atoms with Crippen molar-refractivity contribution in [1.29, 1.82) is 0 Å². The van der Waals surface area contributed by atoms with Gasteiger partial charge in [0.1, 0.15) is 0 Å². The SMILES string of the molecule is CCNS(=O)(=O)c1ccc(N)c(NCc2sccc2Br)c1. The van der Waals surface area contributed by atoms with Crippen molar-refractivity contribution in [1.82, 2.24) is 4.72 Å². The minimum absolute atomic E-state index is 0.200. The highest BCUT2D eigenvalue weighted by atomic mass is 79.9. The molecule has 1 aromatic heterocycles. The molecule has 0 bridgehead atoms. The molecule has 0 aliphatic carbocycles. The summed E-state index contributed by atoms with van der Waals surface area (Å²) in [5.74, 6) is 0. The zero-order valence-electron chi connectivity index (χ0n) is 11.4. The van der Waals surface area contributed by atoms with Crippen LogP contribution in [0.4, 0.5) is 11.4 Å². The molecule has 0 amide bonds. The first-order chi connectivity index (χ1) is 9.94. The van der Waals surface area contributed by atoms with Gasteiger partial charge in [-0.3, -0.25) is 0 Å². The van der Waals surface area contributed by atoms with Crippen LogP contribution >= 0.6 is 27.3 Å². The van der Waals surface area contributed by atoms with Crippen LogP contribution in [0.3, 0.4) is 0 Å². The summed E-state index contributed by atoms with van der Waals surface area (Å²) in [4.78, 5) is 1.32. The van der Waals surface area contributed by atoms with Gasteiger partial charge in [-0.25, -0.2) is 13.1 Å². The van der Waals surface area contributed by atoms with E-state index in [4.69, 9.17) is 5.73 Å². The summed E-state index contributed by atoms with van der Waals surface area (Å²) in [7, 11) is -3.48. The molecule has 0 atom stereocenters. The van der Waals surface area contributed by atoms with Gasteiger partial charge in [-0.05, 0) is 45.6 Å². The van der Waals surface area contributed by atoms with Crippen LogP contribution in [-0.2, 0) is 16.6 Å². The third-order valence-electron chi connectivity index (χ3n) is 2.80. The number of thiophene rings is 1. The summed E-state index contributed by atoms with van der Waals surface area (Å²) in [5, 5.41) is 5.16. The summed E-state index contributed by atoms with van der Waals surface area (Å²) >= 11 is 5.07. The molecule has 0 aliphatic rings. The van der Waals surface area contributed by atoms with Gasteiger partial charge in [0, 0.05) is 15.9 Å². The van der Waals surface area contributed by atoms with Crippen LogP contribution < -0.4 is 15.8 Å². The summed E-state index contributed by atoms with van der Waals surface area (Å²) in [6, 6.07) is 6.61. The molecule has 8 heteroatoms. The van der Waals surface area contributed by atoms with E-state index in [0.717, 1.165) is 9.35 Å². The van der Waals surface area contributed by atoms with Gasteiger partial charge in [0.25, 0.3) is 0 Å². The van der Waals surface area contributed by atoms with E-state index in [1.54, 1.807) is 30.4 Å². The molecule has 5 nitrogen and oxygen atoms in total. The lowest BCUT2D eigenvalue weighted by molar-refractivity contribution is 0.584. The Hall–Kier alpha value is -1.09. The fourth-order valence-corrected chi connectivity index (χ4v) is 4.25. The summed E-state index contributed by atoms with van der Waals surface area (Å²) < 4.78 is 27.5. The van der Waals surface area contributed by atoms with Crippen LogP contribution in [0.1, 0.15) is 11.8 Å². The Kier molecular flexibility index (Phi) is 5.26. The van der Waals surface area contributed by atoms with Crippen LogP contribution in [0.2, 0.25) is 0 Å². The lowest BCUT2D eigenvalue weighted by Crippen LogP contribution is -2.23. The molecule has 0 saturated carbocycles. The van der Waals surface area contributed by atoms with E-state index in [0.29, 0.717) is 24.5 Å². The van der Waals surface area contributed by atoms with Crippen molar-refractivity contribution in [2.24, 2.45) is 0 Å². The van der Waals surface area contributed by atoms with Crippen molar-refractivity contribution in [3.63, 3.8) is 0 Å². The summed E-state index contributed by atoms with van der Waals surface area (Å²) in [6.45, 7) is 2.66. The molecule has 21 heavy (non-hydrogen) atoms. The van der Waals surface area contributed by atoms with Crippen molar-refractivity contribution in [2.75, 3.05) is 17.6 Å². The normalized spacial score (nSPS) is 11.5. The number of rotatable bonds is 6. The molecule has 0 radical (unpaired) electrons. The van der Waals surface area contributed by atoms with Crippen LogP contribution in [0.15, 0.2) is 39.0 Å². The topological polar surface area (TPSA) is 84.2 Å². The standard InChI is InChI=1S/C13H16BrN3O2S2/c1-2-17-21(18,19)9-3-4-11(15)12(7-9)16-8-13-10(14)5-6-20-13/h3-7,16-17H,2,8,15H2,1H3. The second-order valence-electron chi connectivity index (χ2n) is 4.30. The van der Waals surface area contributed by atoms with E-state index in [2.05, 4.69) is 26.0 Å². The van der Waals surface area contributed by atoms with Crippen LogP contribution in [0.5, 0.6) is 0 Å².